The number of halogens is 1. The van der Waals surface area contributed by atoms with E-state index >= 15 is 0 Å². The molecule has 0 aliphatic carbocycles. The van der Waals surface area contributed by atoms with E-state index in [-0.39, 0.29) is 5.82 Å². The van der Waals surface area contributed by atoms with Gasteiger partial charge in [0.1, 0.15) is 5.82 Å². The Bertz CT molecular complexity index is 315. The fourth-order valence-electron chi connectivity index (χ4n) is 0.977. The molecular weight excluding hydrogens is 155 g/mol. The Morgan fingerprint density at radius 2 is 2.25 bits per heavy atom. The van der Waals surface area contributed by atoms with Crippen LogP contribution >= 0.6 is 0 Å². The number of hydrogen-bond donors (Lipinski definition) is 1. The van der Waals surface area contributed by atoms with Crippen molar-refractivity contribution in [1.82, 2.24) is 0 Å². The van der Waals surface area contributed by atoms with E-state index in [0.717, 1.165) is 0 Å². The van der Waals surface area contributed by atoms with Crippen LogP contribution in [-0.4, -0.2) is 0 Å². The van der Waals surface area contributed by atoms with Crippen molar-refractivity contribution in [2.75, 3.05) is 5.73 Å². The summed E-state index contributed by atoms with van der Waals surface area (Å²) in [6, 6.07) is 6.34. The molecule has 0 spiro atoms. The van der Waals surface area contributed by atoms with Crippen molar-refractivity contribution in [2.45, 2.75) is 12.8 Å². The lowest BCUT2D eigenvalue weighted by Crippen LogP contribution is -1.93. The molecule has 0 atom stereocenters. The van der Waals surface area contributed by atoms with E-state index in [1.165, 1.54) is 12.1 Å². The molecule has 62 valence electrons. The van der Waals surface area contributed by atoms with Crippen LogP contribution in [-0.2, 0) is 6.42 Å². The highest BCUT2D eigenvalue weighted by Gasteiger charge is 2.00. The minimum absolute atomic E-state index is 0.292. The van der Waals surface area contributed by atoms with Crippen LogP contribution < -0.4 is 5.73 Å². The summed E-state index contributed by atoms with van der Waals surface area (Å²) in [5.41, 5.74) is 6.49. The largest absolute Gasteiger partial charge is 0.399 e. The minimum Gasteiger partial charge on any atom is -0.399 e. The molecule has 0 unspecified atom stereocenters. The van der Waals surface area contributed by atoms with E-state index in [4.69, 9.17) is 11.0 Å². The quantitative estimate of drug-likeness (QED) is 0.678. The van der Waals surface area contributed by atoms with Crippen LogP contribution in [0, 0.1) is 17.1 Å². The van der Waals surface area contributed by atoms with Crippen LogP contribution in [0.5, 0.6) is 0 Å². The van der Waals surface area contributed by atoms with Gasteiger partial charge in [0.25, 0.3) is 0 Å². The second-order valence-corrected chi connectivity index (χ2v) is 2.51. The Labute approximate surface area is 70.4 Å². The summed E-state index contributed by atoms with van der Waals surface area (Å²) in [7, 11) is 0. The summed E-state index contributed by atoms with van der Waals surface area (Å²) in [5.74, 6) is -0.292. The third-order valence-electron chi connectivity index (χ3n) is 1.58. The van der Waals surface area contributed by atoms with Gasteiger partial charge in [-0.15, -0.1) is 0 Å². The number of benzene rings is 1. The molecule has 1 aromatic rings. The predicted molar refractivity (Wildman–Crippen MR) is 44.7 cm³/mol. The van der Waals surface area contributed by atoms with E-state index in [1.807, 2.05) is 6.07 Å². The number of nitrogen functional groups attached to an aromatic ring is 1. The van der Waals surface area contributed by atoms with Crippen LogP contribution in [0.1, 0.15) is 12.0 Å². The fourth-order valence-corrected chi connectivity index (χ4v) is 0.977. The molecule has 0 fully saturated rings. The summed E-state index contributed by atoms with van der Waals surface area (Å²) in [5, 5.41) is 8.28. The van der Waals surface area contributed by atoms with Gasteiger partial charge in [-0.2, -0.15) is 5.26 Å². The van der Waals surface area contributed by atoms with Crippen molar-refractivity contribution >= 4 is 5.69 Å². The SMILES string of the molecule is N#CCCc1cc(N)ccc1F. The maximum atomic E-state index is 12.9. The van der Waals surface area contributed by atoms with Gasteiger partial charge in [0, 0.05) is 12.1 Å². The van der Waals surface area contributed by atoms with Crippen LogP contribution in [0.2, 0.25) is 0 Å². The van der Waals surface area contributed by atoms with Gasteiger partial charge < -0.3 is 5.73 Å². The number of rotatable bonds is 2. The molecule has 2 N–H and O–H groups in total. The Morgan fingerprint density at radius 3 is 2.92 bits per heavy atom. The first-order chi connectivity index (χ1) is 5.74. The van der Waals surface area contributed by atoms with Gasteiger partial charge in [0.2, 0.25) is 0 Å². The van der Waals surface area contributed by atoms with Crippen molar-refractivity contribution in [3.63, 3.8) is 0 Å². The smallest absolute Gasteiger partial charge is 0.126 e. The van der Waals surface area contributed by atoms with Gasteiger partial charge in [0.05, 0.1) is 6.07 Å². The average Bonchev–Trinajstić information content (AvgIpc) is 2.07. The van der Waals surface area contributed by atoms with Gasteiger partial charge in [-0.3, -0.25) is 0 Å². The second-order valence-electron chi connectivity index (χ2n) is 2.51. The molecule has 0 aliphatic rings. The van der Waals surface area contributed by atoms with Crippen molar-refractivity contribution in [3.05, 3.63) is 29.6 Å². The molecule has 0 aromatic heterocycles. The molecule has 1 rings (SSSR count). The zero-order valence-corrected chi connectivity index (χ0v) is 6.55. The molecule has 0 radical (unpaired) electrons. The molecule has 0 saturated carbocycles. The van der Waals surface area contributed by atoms with Crippen LogP contribution in [0.15, 0.2) is 18.2 Å². The molecule has 0 heterocycles. The molecule has 0 saturated heterocycles. The van der Waals surface area contributed by atoms with E-state index < -0.39 is 0 Å². The predicted octanol–water partition coefficient (Wildman–Crippen LogP) is 1.86. The van der Waals surface area contributed by atoms with E-state index in [1.54, 1.807) is 6.07 Å². The molecule has 0 bridgehead atoms. The molecular formula is C9H9FN2. The molecule has 3 heteroatoms. The van der Waals surface area contributed by atoms with Crippen LogP contribution in [0.3, 0.4) is 0 Å². The molecule has 0 aliphatic heterocycles. The van der Waals surface area contributed by atoms with Gasteiger partial charge in [-0.05, 0) is 30.2 Å². The highest BCUT2D eigenvalue weighted by atomic mass is 19.1. The number of nitrogens with zero attached hydrogens (tertiary/aromatic N) is 1. The zero-order valence-electron chi connectivity index (χ0n) is 6.55. The number of hydrogen-bond acceptors (Lipinski definition) is 2. The molecule has 1 aromatic carbocycles. The standard InChI is InChI=1S/C9H9FN2/c10-9-4-3-8(12)6-7(9)2-1-5-11/h3-4,6H,1-2,12H2. The Morgan fingerprint density at radius 1 is 1.50 bits per heavy atom. The maximum absolute atomic E-state index is 12.9. The van der Waals surface area contributed by atoms with Crippen molar-refractivity contribution in [3.8, 4) is 6.07 Å². The van der Waals surface area contributed by atoms with Crippen molar-refractivity contribution < 1.29 is 4.39 Å². The summed E-state index contributed by atoms with van der Waals surface area (Å²) >= 11 is 0. The lowest BCUT2D eigenvalue weighted by molar-refractivity contribution is 0.610. The van der Waals surface area contributed by atoms with E-state index in [9.17, 15) is 4.39 Å². The Balaban J connectivity index is 2.84. The summed E-state index contributed by atoms with van der Waals surface area (Å²) in [6.45, 7) is 0. The van der Waals surface area contributed by atoms with E-state index in [0.29, 0.717) is 24.1 Å². The first-order valence-electron chi connectivity index (χ1n) is 3.65. The van der Waals surface area contributed by atoms with Gasteiger partial charge in [0.15, 0.2) is 0 Å². The average molecular weight is 164 g/mol. The maximum Gasteiger partial charge on any atom is 0.126 e. The zero-order chi connectivity index (χ0) is 8.97. The highest BCUT2D eigenvalue weighted by Crippen LogP contribution is 2.13. The molecule has 12 heavy (non-hydrogen) atoms. The minimum atomic E-state index is -0.292. The van der Waals surface area contributed by atoms with Crippen LogP contribution in [0.25, 0.3) is 0 Å². The first kappa shape index (κ1) is 8.54. The lowest BCUT2D eigenvalue weighted by Gasteiger charge is -2.00. The van der Waals surface area contributed by atoms with Crippen molar-refractivity contribution in [2.24, 2.45) is 0 Å². The number of aryl methyl sites for hydroxylation is 1. The second kappa shape index (κ2) is 3.72. The third kappa shape index (κ3) is 1.96. The van der Waals surface area contributed by atoms with Gasteiger partial charge in [-0.25, -0.2) is 4.39 Å². The summed E-state index contributed by atoms with van der Waals surface area (Å²) < 4.78 is 12.9. The summed E-state index contributed by atoms with van der Waals surface area (Å²) in [6.07, 6.45) is 0.744. The monoisotopic (exact) mass is 164 g/mol. The number of nitriles is 1. The topological polar surface area (TPSA) is 49.8 Å². The molecule has 0 amide bonds. The van der Waals surface area contributed by atoms with E-state index in [2.05, 4.69) is 0 Å². The van der Waals surface area contributed by atoms with Gasteiger partial charge in [-0.1, -0.05) is 0 Å². The lowest BCUT2D eigenvalue weighted by atomic mass is 10.1. The van der Waals surface area contributed by atoms with Gasteiger partial charge >= 0.3 is 0 Å². The number of nitrogens with two attached hydrogens (primary N) is 1. The first-order valence-corrected chi connectivity index (χ1v) is 3.65. The Kier molecular flexibility index (Phi) is 2.65. The fraction of sp³-hybridized carbons (Fsp3) is 0.222. The highest BCUT2D eigenvalue weighted by molar-refractivity contribution is 5.41. The third-order valence-corrected chi connectivity index (χ3v) is 1.58. The number of anilines is 1. The Hall–Kier alpha value is -1.56. The van der Waals surface area contributed by atoms with Crippen LogP contribution in [0.4, 0.5) is 10.1 Å². The summed E-state index contributed by atoms with van der Waals surface area (Å²) in [4.78, 5) is 0. The normalized spacial score (nSPS) is 9.33. The molecule has 2 nitrogen and oxygen atoms in total. The van der Waals surface area contributed by atoms with Crippen molar-refractivity contribution in [1.29, 1.82) is 5.26 Å².